The van der Waals surface area contributed by atoms with Crippen LogP contribution in [0.25, 0.3) is 11.4 Å². The summed E-state index contributed by atoms with van der Waals surface area (Å²) in [5.41, 5.74) is 1.63. The van der Waals surface area contributed by atoms with Gasteiger partial charge in [-0.1, -0.05) is 30.3 Å². The second-order valence-corrected chi connectivity index (χ2v) is 6.07. The summed E-state index contributed by atoms with van der Waals surface area (Å²) in [5, 5.41) is 12.4. The molecule has 0 fully saturated rings. The quantitative estimate of drug-likeness (QED) is 0.683. The summed E-state index contributed by atoms with van der Waals surface area (Å²) in [6.07, 6.45) is 0. The van der Waals surface area contributed by atoms with E-state index in [1.165, 1.54) is 4.80 Å². The third-order valence-electron chi connectivity index (χ3n) is 3.88. The molecule has 3 aromatic rings. The maximum atomic E-state index is 12.8. The van der Waals surface area contributed by atoms with Crippen LogP contribution in [0.2, 0.25) is 0 Å². The molecule has 0 bridgehead atoms. The van der Waals surface area contributed by atoms with Crippen molar-refractivity contribution in [2.45, 2.75) is 26.4 Å². The van der Waals surface area contributed by atoms with Crippen LogP contribution in [0.15, 0.2) is 54.6 Å². The van der Waals surface area contributed by atoms with Gasteiger partial charge in [0.05, 0.1) is 7.11 Å². The van der Waals surface area contributed by atoms with Crippen molar-refractivity contribution >= 4 is 11.6 Å². The standard InChI is InChI=1S/C19H21N5O2/c1-14(2)24(16-9-5-4-6-10-16)18(25)13-23-21-19(20-22-23)15-8-7-11-17(12-15)26-3/h4-12,14H,13H2,1-3H3. The summed E-state index contributed by atoms with van der Waals surface area (Å²) in [7, 11) is 1.60. The van der Waals surface area contributed by atoms with Crippen LogP contribution >= 0.6 is 0 Å². The molecule has 3 rings (SSSR count). The highest BCUT2D eigenvalue weighted by molar-refractivity contribution is 5.93. The molecule has 0 N–H and O–H groups in total. The second-order valence-electron chi connectivity index (χ2n) is 6.07. The van der Waals surface area contributed by atoms with E-state index in [2.05, 4.69) is 15.4 Å². The van der Waals surface area contributed by atoms with Gasteiger partial charge in [-0.15, -0.1) is 10.2 Å². The molecular weight excluding hydrogens is 330 g/mol. The fourth-order valence-corrected chi connectivity index (χ4v) is 2.70. The summed E-state index contributed by atoms with van der Waals surface area (Å²) in [4.78, 5) is 15.8. The maximum Gasteiger partial charge on any atom is 0.250 e. The summed E-state index contributed by atoms with van der Waals surface area (Å²) >= 11 is 0. The Balaban J connectivity index is 1.78. The Morgan fingerprint density at radius 1 is 1.15 bits per heavy atom. The largest absolute Gasteiger partial charge is 0.497 e. The first-order chi connectivity index (χ1) is 12.6. The van der Waals surface area contributed by atoms with Crippen molar-refractivity contribution in [3.63, 3.8) is 0 Å². The third kappa shape index (κ3) is 3.88. The molecule has 1 amide bonds. The number of aromatic nitrogens is 4. The van der Waals surface area contributed by atoms with Crippen molar-refractivity contribution in [1.82, 2.24) is 20.2 Å². The molecule has 0 saturated heterocycles. The van der Waals surface area contributed by atoms with Crippen molar-refractivity contribution < 1.29 is 9.53 Å². The van der Waals surface area contributed by atoms with E-state index in [-0.39, 0.29) is 18.5 Å². The number of nitrogens with zero attached hydrogens (tertiary/aromatic N) is 5. The molecule has 2 aromatic carbocycles. The lowest BCUT2D eigenvalue weighted by Gasteiger charge is -2.26. The maximum absolute atomic E-state index is 12.8. The van der Waals surface area contributed by atoms with E-state index >= 15 is 0 Å². The number of para-hydroxylation sites is 1. The number of hydrogen-bond acceptors (Lipinski definition) is 5. The van der Waals surface area contributed by atoms with Crippen LogP contribution in [0.4, 0.5) is 5.69 Å². The first-order valence-electron chi connectivity index (χ1n) is 8.38. The van der Waals surface area contributed by atoms with Crippen LogP contribution < -0.4 is 9.64 Å². The minimum atomic E-state index is -0.0965. The van der Waals surface area contributed by atoms with Crippen molar-refractivity contribution in [3.05, 3.63) is 54.6 Å². The van der Waals surface area contributed by atoms with Gasteiger partial charge in [-0.3, -0.25) is 4.79 Å². The number of anilines is 1. The number of tetrazole rings is 1. The minimum Gasteiger partial charge on any atom is -0.497 e. The smallest absolute Gasteiger partial charge is 0.250 e. The summed E-state index contributed by atoms with van der Waals surface area (Å²) < 4.78 is 5.21. The molecule has 0 atom stereocenters. The first-order valence-corrected chi connectivity index (χ1v) is 8.38. The van der Waals surface area contributed by atoms with Gasteiger partial charge < -0.3 is 9.64 Å². The SMILES string of the molecule is COc1cccc(-c2nnn(CC(=O)N(c3ccccc3)C(C)C)n2)c1. The van der Waals surface area contributed by atoms with Crippen LogP contribution in [0.3, 0.4) is 0 Å². The topological polar surface area (TPSA) is 73.1 Å². The van der Waals surface area contributed by atoms with Gasteiger partial charge in [0.1, 0.15) is 12.3 Å². The zero-order chi connectivity index (χ0) is 18.5. The lowest BCUT2D eigenvalue weighted by molar-refractivity contribution is -0.119. The Morgan fingerprint density at radius 2 is 1.92 bits per heavy atom. The lowest BCUT2D eigenvalue weighted by Crippen LogP contribution is -2.39. The highest BCUT2D eigenvalue weighted by Crippen LogP contribution is 2.20. The predicted octanol–water partition coefficient (Wildman–Crippen LogP) is 2.79. The van der Waals surface area contributed by atoms with Crippen LogP contribution in [-0.2, 0) is 11.3 Å². The first kappa shape index (κ1) is 17.6. The lowest BCUT2D eigenvalue weighted by atomic mass is 10.2. The van der Waals surface area contributed by atoms with Gasteiger partial charge in [0.15, 0.2) is 0 Å². The van der Waals surface area contributed by atoms with Crippen LogP contribution in [0, 0.1) is 0 Å². The van der Waals surface area contributed by atoms with E-state index < -0.39 is 0 Å². The van der Waals surface area contributed by atoms with Crippen LogP contribution in [-0.4, -0.2) is 39.3 Å². The molecule has 0 aliphatic heterocycles. The van der Waals surface area contributed by atoms with Gasteiger partial charge in [-0.05, 0) is 43.3 Å². The Hall–Kier alpha value is -3.22. The molecule has 0 aliphatic carbocycles. The highest BCUT2D eigenvalue weighted by Gasteiger charge is 2.20. The number of ether oxygens (including phenoxy) is 1. The predicted molar refractivity (Wildman–Crippen MR) is 98.9 cm³/mol. The van der Waals surface area contributed by atoms with Crippen molar-refractivity contribution in [2.24, 2.45) is 0 Å². The van der Waals surface area contributed by atoms with E-state index in [0.29, 0.717) is 11.6 Å². The molecule has 7 nitrogen and oxygen atoms in total. The number of carbonyl (C=O) groups is 1. The number of methoxy groups -OCH3 is 1. The minimum absolute atomic E-state index is 0.0179. The van der Waals surface area contributed by atoms with E-state index in [1.54, 1.807) is 12.0 Å². The molecule has 0 unspecified atom stereocenters. The fraction of sp³-hybridized carbons (Fsp3) is 0.263. The second kappa shape index (κ2) is 7.77. The Morgan fingerprint density at radius 3 is 2.62 bits per heavy atom. The van der Waals surface area contributed by atoms with E-state index in [9.17, 15) is 4.79 Å². The van der Waals surface area contributed by atoms with Crippen molar-refractivity contribution in [1.29, 1.82) is 0 Å². The van der Waals surface area contributed by atoms with Crippen molar-refractivity contribution in [2.75, 3.05) is 12.0 Å². The average molecular weight is 351 g/mol. The molecule has 1 heterocycles. The van der Waals surface area contributed by atoms with E-state index in [0.717, 1.165) is 11.3 Å². The highest BCUT2D eigenvalue weighted by atomic mass is 16.5. The molecule has 0 spiro atoms. The zero-order valence-corrected chi connectivity index (χ0v) is 15.0. The molecule has 7 heteroatoms. The average Bonchev–Trinajstić information content (AvgIpc) is 3.11. The summed E-state index contributed by atoms with van der Waals surface area (Å²) in [5.74, 6) is 1.07. The van der Waals surface area contributed by atoms with Crippen molar-refractivity contribution in [3.8, 4) is 17.1 Å². The van der Waals surface area contributed by atoms with Gasteiger partial charge in [0, 0.05) is 17.3 Å². The van der Waals surface area contributed by atoms with E-state index in [1.807, 2.05) is 68.4 Å². The fourth-order valence-electron chi connectivity index (χ4n) is 2.70. The number of hydrogen-bond donors (Lipinski definition) is 0. The Labute approximate surface area is 152 Å². The molecule has 134 valence electrons. The van der Waals surface area contributed by atoms with Gasteiger partial charge >= 0.3 is 0 Å². The molecular formula is C19H21N5O2. The van der Waals surface area contributed by atoms with Gasteiger partial charge in [-0.25, -0.2) is 0 Å². The number of benzene rings is 2. The van der Waals surface area contributed by atoms with Gasteiger partial charge in [0.2, 0.25) is 5.82 Å². The van der Waals surface area contributed by atoms with Crippen LogP contribution in [0.1, 0.15) is 13.8 Å². The summed E-state index contributed by atoms with van der Waals surface area (Å²) in [6.45, 7) is 3.97. The van der Waals surface area contributed by atoms with E-state index in [4.69, 9.17) is 4.74 Å². The summed E-state index contributed by atoms with van der Waals surface area (Å²) in [6, 6.07) is 17.0. The molecule has 1 aromatic heterocycles. The van der Waals surface area contributed by atoms with Gasteiger partial charge in [-0.2, -0.15) is 4.80 Å². The molecule has 26 heavy (non-hydrogen) atoms. The molecule has 0 aliphatic rings. The number of carbonyl (C=O) groups excluding carboxylic acids is 1. The monoisotopic (exact) mass is 351 g/mol. The zero-order valence-electron chi connectivity index (χ0n) is 15.0. The Bertz CT molecular complexity index is 876. The normalized spacial score (nSPS) is 10.8. The van der Waals surface area contributed by atoms with Gasteiger partial charge in [0.25, 0.3) is 5.91 Å². The molecule has 0 radical (unpaired) electrons. The Kier molecular flexibility index (Phi) is 5.26. The number of amides is 1. The number of rotatable bonds is 6. The third-order valence-corrected chi connectivity index (χ3v) is 3.88. The van der Waals surface area contributed by atoms with Crippen LogP contribution in [0.5, 0.6) is 5.75 Å². The molecule has 0 saturated carbocycles.